The number of ketones is 1. The second kappa shape index (κ2) is 8.20. The second-order valence-electron chi connectivity index (χ2n) is 9.42. The number of anilines is 1. The van der Waals surface area contributed by atoms with E-state index in [4.69, 9.17) is 19.6 Å². The predicted molar refractivity (Wildman–Crippen MR) is 128 cm³/mol. The smallest absolute Gasteiger partial charge is 0.226 e. The zero-order valence-electron chi connectivity index (χ0n) is 19.8. The Morgan fingerprint density at radius 3 is 2.74 bits per heavy atom. The molecule has 0 radical (unpaired) electrons. The number of carbonyl (C=O) groups is 1. The molecule has 2 aliphatic rings. The highest BCUT2D eigenvalue weighted by Crippen LogP contribution is 2.47. The van der Waals surface area contributed by atoms with Gasteiger partial charge in [0.1, 0.15) is 11.8 Å². The first-order valence-corrected chi connectivity index (χ1v) is 11.4. The van der Waals surface area contributed by atoms with E-state index in [1.807, 2.05) is 31.2 Å². The first-order valence-electron chi connectivity index (χ1n) is 11.4. The molecule has 5 rings (SSSR count). The van der Waals surface area contributed by atoms with Crippen LogP contribution in [0.25, 0.3) is 11.4 Å². The normalized spacial score (nSPS) is 18.7. The van der Waals surface area contributed by atoms with Gasteiger partial charge in [-0.05, 0) is 48.6 Å². The van der Waals surface area contributed by atoms with Crippen molar-refractivity contribution < 1.29 is 19.4 Å². The van der Waals surface area contributed by atoms with Gasteiger partial charge in [-0.15, -0.1) is 5.10 Å². The molecule has 8 nitrogen and oxygen atoms in total. The topological polar surface area (TPSA) is 98.5 Å². The van der Waals surface area contributed by atoms with E-state index in [-0.39, 0.29) is 16.9 Å². The third-order valence-electron chi connectivity index (χ3n) is 6.28. The molecule has 2 aromatic carbocycles. The van der Waals surface area contributed by atoms with Crippen molar-refractivity contribution in [3.05, 3.63) is 59.3 Å². The minimum absolute atomic E-state index is 0.0540. The lowest BCUT2D eigenvalue weighted by atomic mass is 9.73. The number of aromatic nitrogens is 3. The number of aromatic hydroxyl groups is 1. The van der Waals surface area contributed by atoms with Crippen LogP contribution in [0, 0.1) is 5.41 Å². The van der Waals surface area contributed by atoms with E-state index in [0.29, 0.717) is 41.9 Å². The number of carbonyl (C=O) groups excluding carboxylic acids is 1. The molecule has 0 saturated heterocycles. The van der Waals surface area contributed by atoms with E-state index < -0.39 is 6.04 Å². The molecule has 1 aromatic heterocycles. The Bertz CT molecular complexity index is 1310. The van der Waals surface area contributed by atoms with Crippen LogP contribution in [0.3, 0.4) is 0 Å². The maximum absolute atomic E-state index is 13.4. The largest absolute Gasteiger partial charge is 0.504 e. The highest BCUT2D eigenvalue weighted by molar-refractivity contribution is 6.00. The van der Waals surface area contributed by atoms with Gasteiger partial charge in [0.15, 0.2) is 23.1 Å². The predicted octanol–water partition coefficient (Wildman–Crippen LogP) is 4.72. The molecule has 0 saturated carbocycles. The molecular weight excluding hydrogens is 432 g/mol. The Morgan fingerprint density at radius 2 is 1.97 bits per heavy atom. The summed E-state index contributed by atoms with van der Waals surface area (Å²) in [4.78, 5) is 18.2. The Morgan fingerprint density at radius 1 is 1.18 bits per heavy atom. The number of nitrogens with one attached hydrogen (secondary N) is 1. The molecule has 176 valence electrons. The third-order valence-corrected chi connectivity index (χ3v) is 6.28. The number of phenols is 1. The summed E-state index contributed by atoms with van der Waals surface area (Å²) in [6.45, 7) is 6.47. The summed E-state index contributed by atoms with van der Waals surface area (Å²) in [7, 11) is 1.61. The first kappa shape index (κ1) is 22.0. The third kappa shape index (κ3) is 3.69. The fourth-order valence-electron chi connectivity index (χ4n) is 4.83. The summed E-state index contributed by atoms with van der Waals surface area (Å²) < 4.78 is 12.9. The molecule has 1 aliphatic carbocycles. The Kier molecular flexibility index (Phi) is 5.31. The average Bonchev–Trinajstić information content (AvgIpc) is 3.22. The number of methoxy groups -OCH3 is 1. The summed E-state index contributed by atoms with van der Waals surface area (Å²) in [5.41, 5.74) is 2.94. The van der Waals surface area contributed by atoms with Gasteiger partial charge in [-0.2, -0.15) is 4.98 Å². The second-order valence-corrected chi connectivity index (χ2v) is 9.42. The molecule has 1 atom stereocenters. The summed E-state index contributed by atoms with van der Waals surface area (Å²) in [6.07, 6.45) is 1.17. The molecular formula is C26H28N4O4. The highest BCUT2D eigenvalue weighted by Gasteiger charge is 2.42. The van der Waals surface area contributed by atoms with Crippen LogP contribution < -0.4 is 14.8 Å². The van der Waals surface area contributed by atoms with Crippen LogP contribution in [-0.4, -0.2) is 39.4 Å². The van der Waals surface area contributed by atoms with Crippen molar-refractivity contribution in [2.75, 3.05) is 19.0 Å². The van der Waals surface area contributed by atoms with E-state index in [0.717, 1.165) is 23.2 Å². The zero-order chi connectivity index (χ0) is 24.0. The number of hydrogen-bond acceptors (Lipinski definition) is 7. The van der Waals surface area contributed by atoms with Crippen molar-refractivity contribution in [2.45, 2.75) is 39.7 Å². The lowest BCUT2D eigenvalue weighted by Gasteiger charge is -2.38. The van der Waals surface area contributed by atoms with Crippen LogP contribution in [0.4, 0.5) is 5.95 Å². The molecule has 2 N–H and O–H groups in total. The fraction of sp³-hybridized carbons (Fsp3) is 0.346. The van der Waals surface area contributed by atoms with Crippen LogP contribution in [0.2, 0.25) is 0 Å². The molecule has 3 aromatic rings. The fourth-order valence-corrected chi connectivity index (χ4v) is 4.83. The number of benzene rings is 2. The Balaban J connectivity index is 1.70. The minimum atomic E-state index is -0.495. The van der Waals surface area contributed by atoms with Crippen molar-refractivity contribution >= 4 is 11.7 Å². The first-order chi connectivity index (χ1) is 16.3. The molecule has 0 fully saturated rings. The molecule has 0 spiro atoms. The minimum Gasteiger partial charge on any atom is -0.504 e. The summed E-state index contributed by atoms with van der Waals surface area (Å²) >= 11 is 0. The van der Waals surface area contributed by atoms with Crippen molar-refractivity contribution in [3.63, 3.8) is 0 Å². The quantitative estimate of drug-likeness (QED) is 0.569. The van der Waals surface area contributed by atoms with E-state index in [9.17, 15) is 9.90 Å². The van der Waals surface area contributed by atoms with E-state index in [2.05, 4.69) is 19.2 Å². The van der Waals surface area contributed by atoms with Crippen molar-refractivity contribution in [1.29, 1.82) is 0 Å². The van der Waals surface area contributed by atoms with Crippen LogP contribution in [0.5, 0.6) is 17.2 Å². The van der Waals surface area contributed by atoms with Gasteiger partial charge in [-0.1, -0.05) is 32.0 Å². The number of Topliss-reactive ketones (excluding diaryl/α,β-unsaturated/α-hetero) is 1. The monoisotopic (exact) mass is 460 g/mol. The molecule has 34 heavy (non-hydrogen) atoms. The van der Waals surface area contributed by atoms with E-state index in [1.54, 1.807) is 30.0 Å². The average molecular weight is 461 g/mol. The molecule has 0 amide bonds. The van der Waals surface area contributed by atoms with Crippen LogP contribution >= 0.6 is 0 Å². The van der Waals surface area contributed by atoms with Crippen LogP contribution in [-0.2, 0) is 4.79 Å². The summed E-state index contributed by atoms with van der Waals surface area (Å²) in [5.74, 6) is 2.23. The molecule has 0 bridgehead atoms. The molecule has 2 heterocycles. The lowest BCUT2D eigenvalue weighted by molar-refractivity contribution is -0.118. The van der Waals surface area contributed by atoms with Gasteiger partial charge in [0.2, 0.25) is 5.95 Å². The van der Waals surface area contributed by atoms with Gasteiger partial charge in [-0.25, -0.2) is 4.68 Å². The number of phenolic OH excluding ortho intramolecular Hbond substituents is 1. The number of hydrogen-bond donors (Lipinski definition) is 2. The Labute approximate surface area is 198 Å². The van der Waals surface area contributed by atoms with Gasteiger partial charge >= 0.3 is 0 Å². The zero-order valence-corrected chi connectivity index (χ0v) is 19.8. The molecule has 8 heteroatoms. The van der Waals surface area contributed by atoms with Crippen LogP contribution in [0.15, 0.2) is 53.7 Å². The lowest BCUT2D eigenvalue weighted by Crippen LogP contribution is -2.36. The Hall–Kier alpha value is -3.81. The number of para-hydroxylation sites is 1. The number of ether oxygens (including phenoxy) is 2. The van der Waals surface area contributed by atoms with Crippen molar-refractivity contribution in [3.8, 4) is 28.6 Å². The van der Waals surface area contributed by atoms with Gasteiger partial charge in [0.05, 0.1) is 19.3 Å². The van der Waals surface area contributed by atoms with Crippen LogP contribution in [0.1, 0.15) is 45.2 Å². The SMILES string of the molecule is CCOc1cc(C2C3=C(CC(C)(C)CC3=O)Nc3nc(-c4ccccc4OC)nn32)ccc1O. The van der Waals surface area contributed by atoms with Gasteiger partial charge in [0.25, 0.3) is 0 Å². The van der Waals surface area contributed by atoms with Gasteiger partial charge < -0.3 is 19.9 Å². The van der Waals surface area contributed by atoms with Crippen molar-refractivity contribution in [1.82, 2.24) is 14.8 Å². The van der Waals surface area contributed by atoms with Crippen molar-refractivity contribution in [2.24, 2.45) is 5.41 Å². The number of rotatable bonds is 5. The van der Waals surface area contributed by atoms with Gasteiger partial charge in [-0.3, -0.25) is 4.79 Å². The standard InChI is InChI=1S/C26H28N4O4/c1-5-34-21-12-15(10-11-18(21)31)23-22-17(13-26(2,3)14-19(22)32)27-25-28-24(29-30(23)25)16-8-6-7-9-20(16)33-4/h6-12,23,31H,5,13-14H2,1-4H3,(H,27,28,29). The van der Waals surface area contributed by atoms with E-state index in [1.165, 1.54) is 0 Å². The summed E-state index contributed by atoms with van der Waals surface area (Å²) in [6, 6.07) is 12.3. The molecule has 1 unspecified atom stereocenters. The van der Waals surface area contributed by atoms with Gasteiger partial charge in [0, 0.05) is 17.7 Å². The molecule has 1 aliphatic heterocycles. The maximum atomic E-state index is 13.4. The summed E-state index contributed by atoms with van der Waals surface area (Å²) in [5, 5.41) is 18.5. The maximum Gasteiger partial charge on any atom is 0.226 e. The number of fused-ring (bicyclic) bond motifs is 1. The number of allylic oxidation sites excluding steroid dienone is 2. The highest BCUT2D eigenvalue weighted by atomic mass is 16.5. The number of nitrogens with zero attached hydrogens (tertiary/aromatic N) is 3. The van der Waals surface area contributed by atoms with E-state index >= 15 is 0 Å².